The standard InChI is InChI=1S/C24H50O.Mg.Na.3H/c1-3-5-7-9-11-13-15-17-19-21-23-25-24-22-20-18-16-14-12-10-8-6-4-2;;;;;/h3-24H2,1-2H3;;;;;/q;+2;+1;3*-1. The molecule has 0 bridgehead atoms. The number of hydrogen-bond acceptors (Lipinski definition) is 1. The van der Waals surface area contributed by atoms with Crippen LogP contribution in [0.25, 0.3) is 0 Å². The molecule has 0 aromatic heterocycles. The summed E-state index contributed by atoms with van der Waals surface area (Å²) in [7, 11) is 0. The molecule has 0 atom stereocenters. The summed E-state index contributed by atoms with van der Waals surface area (Å²) in [4.78, 5) is 0. The van der Waals surface area contributed by atoms with E-state index in [4.69, 9.17) is 4.74 Å². The van der Waals surface area contributed by atoms with Gasteiger partial charge in [0.05, 0.1) is 0 Å². The van der Waals surface area contributed by atoms with Crippen molar-refractivity contribution in [3.05, 3.63) is 0 Å². The van der Waals surface area contributed by atoms with E-state index in [-0.39, 0.29) is 56.9 Å². The number of unbranched alkanes of at least 4 members (excludes halogenated alkanes) is 18. The monoisotopic (exact) mass is 404 g/mol. The summed E-state index contributed by atoms with van der Waals surface area (Å²) in [5.74, 6) is 0. The summed E-state index contributed by atoms with van der Waals surface area (Å²) in [5, 5.41) is 0. The summed E-state index contributed by atoms with van der Waals surface area (Å²) >= 11 is 0. The molecule has 0 amide bonds. The Hall–Kier alpha value is 1.73. The largest absolute Gasteiger partial charge is 2.00 e. The Kier molecular flexibility index (Phi) is 40.0. The van der Waals surface area contributed by atoms with Crippen molar-refractivity contribution in [3.63, 3.8) is 0 Å². The smallest absolute Gasteiger partial charge is 1.00 e. The van der Waals surface area contributed by atoms with E-state index in [1.165, 1.54) is 128 Å². The first-order chi connectivity index (χ1) is 12.4. The van der Waals surface area contributed by atoms with Gasteiger partial charge in [-0.15, -0.1) is 0 Å². The minimum atomic E-state index is 0. The van der Waals surface area contributed by atoms with E-state index >= 15 is 0 Å². The summed E-state index contributed by atoms with van der Waals surface area (Å²) in [5.41, 5.74) is 0. The van der Waals surface area contributed by atoms with Crippen LogP contribution >= 0.6 is 0 Å². The molecule has 0 saturated carbocycles. The van der Waals surface area contributed by atoms with Crippen molar-refractivity contribution < 1.29 is 38.6 Å². The molecule has 0 heterocycles. The van der Waals surface area contributed by atoms with Gasteiger partial charge in [-0.05, 0) is 12.8 Å². The molecule has 0 aliphatic heterocycles. The van der Waals surface area contributed by atoms with Crippen molar-refractivity contribution in [3.8, 4) is 0 Å². The number of ether oxygens (including phenoxy) is 1. The zero-order valence-electron chi connectivity index (χ0n) is 22.7. The second-order valence-electron chi connectivity index (χ2n) is 7.98. The zero-order chi connectivity index (χ0) is 18.3. The Balaban J connectivity index is -0.000000288. The topological polar surface area (TPSA) is 9.23 Å². The maximum Gasteiger partial charge on any atom is 2.00 e. The average Bonchev–Trinajstić information content (AvgIpc) is 2.63. The van der Waals surface area contributed by atoms with Crippen LogP contribution < -0.4 is 29.6 Å². The SMILES string of the molecule is CCCCCCCCCCCCOCCCCCCCCCCCC.[H-].[H-].[H-].[Mg+2].[Na+]. The Morgan fingerprint density at radius 3 is 0.889 bits per heavy atom. The van der Waals surface area contributed by atoms with Gasteiger partial charge in [-0.3, -0.25) is 0 Å². The average molecular weight is 405 g/mol. The summed E-state index contributed by atoms with van der Waals surface area (Å²) in [6, 6.07) is 0. The fourth-order valence-electron chi connectivity index (χ4n) is 3.49. The Labute approximate surface area is 215 Å². The van der Waals surface area contributed by atoms with Crippen LogP contribution in [-0.4, -0.2) is 36.3 Å². The van der Waals surface area contributed by atoms with E-state index in [9.17, 15) is 0 Å². The maximum absolute atomic E-state index is 5.78. The molecule has 0 aromatic rings. The van der Waals surface area contributed by atoms with Gasteiger partial charge in [-0.25, -0.2) is 0 Å². The van der Waals surface area contributed by atoms with Crippen molar-refractivity contribution in [2.75, 3.05) is 13.2 Å². The third-order valence-corrected chi connectivity index (χ3v) is 5.28. The van der Waals surface area contributed by atoms with E-state index in [1.54, 1.807) is 0 Å². The zero-order valence-corrected chi connectivity index (χ0v) is 23.1. The molecule has 0 aliphatic carbocycles. The molecule has 0 saturated heterocycles. The minimum absolute atomic E-state index is 0. The van der Waals surface area contributed by atoms with Crippen molar-refractivity contribution >= 4 is 23.1 Å². The van der Waals surface area contributed by atoms with Gasteiger partial charge in [0.2, 0.25) is 0 Å². The van der Waals surface area contributed by atoms with Gasteiger partial charge in [0.1, 0.15) is 0 Å². The van der Waals surface area contributed by atoms with Crippen molar-refractivity contribution in [1.29, 1.82) is 0 Å². The first-order valence-corrected chi connectivity index (χ1v) is 12.0. The van der Waals surface area contributed by atoms with Crippen molar-refractivity contribution in [1.82, 2.24) is 0 Å². The van der Waals surface area contributed by atoms with E-state index < -0.39 is 0 Å². The fraction of sp³-hybridized carbons (Fsp3) is 1.00. The molecular formula is C24H53MgNaO. The normalized spacial score (nSPS) is 10.4. The van der Waals surface area contributed by atoms with Crippen LogP contribution in [0.2, 0.25) is 0 Å². The maximum atomic E-state index is 5.78. The molecular weight excluding hydrogens is 352 g/mol. The quantitative estimate of drug-likeness (QED) is 0.163. The molecule has 0 rings (SSSR count). The van der Waals surface area contributed by atoms with E-state index in [2.05, 4.69) is 13.8 Å². The Bertz CT molecular complexity index is 218. The first-order valence-electron chi connectivity index (χ1n) is 12.0. The van der Waals surface area contributed by atoms with Crippen molar-refractivity contribution in [2.45, 2.75) is 142 Å². The number of hydrogen-bond donors (Lipinski definition) is 0. The molecule has 158 valence electrons. The minimum Gasteiger partial charge on any atom is -1.00 e. The Morgan fingerprint density at radius 2 is 0.630 bits per heavy atom. The van der Waals surface area contributed by atoms with Crippen LogP contribution in [-0.2, 0) is 4.74 Å². The molecule has 0 aromatic carbocycles. The van der Waals surface area contributed by atoms with Crippen LogP contribution in [0, 0.1) is 0 Å². The Morgan fingerprint density at radius 1 is 0.407 bits per heavy atom. The fourth-order valence-corrected chi connectivity index (χ4v) is 3.49. The predicted octanol–water partition coefficient (Wildman–Crippen LogP) is 5.81. The second kappa shape index (κ2) is 32.4. The predicted molar refractivity (Wildman–Crippen MR) is 124 cm³/mol. The molecule has 0 fully saturated rings. The second-order valence-corrected chi connectivity index (χ2v) is 7.98. The third-order valence-electron chi connectivity index (χ3n) is 5.28. The van der Waals surface area contributed by atoms with E-state index in [1.807, 2.05) is 0 Å². The van der Waals surface area contributed by atoms with E-state index in [0.717, 1.165) is 13.2 Å². The molecule has 1 nitrogen and oxygen atoms in total. The third kappa shape index (κ3) is 32.6. The molecule has 0 unspecified atom stereocenters. The summed E-state index contributed by atoms with van der Waals surface area (Å²) in [6.07, 6.45) is 28.2. The molecule has 0 aliphatic rings. The molecule has 0 radical (unpaired) electrons. The van der Waals surface area contributed by atoms with Crippen LogP contribution in [0.5, 0.6) is 0 Å². The van der Waals surface area contributed by atoms with Crippen LogP contribution in [0.4, 0.5) is 0 Å². The number of rotatable bonds is 22. The van der Waals surface area contributed by atoms with Gasteiger partial charge in [0, 0.05) is 13.2 Å². The van der Waals surface area contributed by atoms with Crippen LogP contribution in [0.1, 0.15) is 147 Å². The molecule has 3 heteroatoms. The summed E-state index contributed by atoms with van der Waals surface area (Å²) in [6.45, 7) is 6.57. The van der Waals surface area contributed by atoms with Gasteiger partial charge < -0.3 is 9.02 Å². The van der Waals surface area contributed by atoms with Crippen LogP contribution in [0.15, 0.2) is 0 Å². The first kappa shape index (κ1) is 33.4. The van der Waals surface area contributed by atoms with E-state index in [0.29, 0.717) is 0 Å². The molecule has 27 heavy (non-hydrogen) atoms. The molecule has 0 N–H and O–H groups in total. The van der Waals surface area contributed by atoms with Crippen molar-refractivity contribution in [2.24, 2.45) is 0 Å². The van der Waals surface area contributed by atoms with Crippen LogP contribution in [0.3, 0.4) is 0 Å². The summed E-state index contributed by atoms with van der Waals surface area (Å²) < 4.78 is 5.78. The van der Waals surface area contributed by atoms with Gasteiger partial charge in [-0.1, -0.05) is 129 Å². The van der Waals surface area contributed by atoms with Gasteiger partial charge >= 0.3 is 52.6 Å². The van der Waals surface area contributed by atoms with Gasteiger partial charge in [0.15, 0.2) is 0 Å². The van der Waals surface area contributed by atoms with Gasteiger partial charge in [0.25, 0.3) is 0 Å². The molecule has 0 spiro atoms. The van der Waals surface area contributed by atoms with Gasteiger partial charge in [-0.2, -0.15) is 0 Å².